The Morgan fingerprint density at radius 1 is 1.10 bits per heavy atom. The van der Waals surface area contributed by atoms with E-state index in [1.165, 1.54) is 12.1 Å². The Balaban J connectivity index is 1.82. The third-order valence-electron chi connectivity index (χ3n) is 4.62. The molecule has 0 saturated carbocycles. The molecule has 153 valence electrons. The van der Waals surface area contributed by atoms with Crippen LogP contribution in [0.1, 0.15) is 36.9 Å². The van der Waals surface area contributed by atoms with Crippen LogP contribution in [0, 0.1) is 5.92 Å². The second kappa shape index (κ2) is 8.94. The fourth-order valence-electron chi connectivity index (χ4n) is 3.11. The van der Waals surface area contributed by atoms with Crippen LogP contribution in [-0.4, -0.2) is 24.6 Å². The van der Waals surface area contributed by atoms with Gasteiger partial charge in [0.05, 0.1) is 11.8 Å². The Morgan fingerprint density at radius 3 is 2.52 bits per heavy atom. The van der Waals surface area contributed by atoms with Crippen LogP contribution in [0.2, 0.25) is 0 Å². The van der Waals surface area contributed by atoms with Crippen molar-refractivity contribution in [3.63, 3.8) is 0 Å². The van der Waals surface area contributed by atoms with E-state index in [0.29, 0.717) is 17.0 Å². The number of hydrogen-bond donors (Lipinski definition) is 3. The van der Waals surface area contributed by atoms with E-state index < -0.39 is 22.0 Å². The summed E-state index contributed by atoms with van der Waals surface area (Å²) in [5.41, 5.74) is 1.32. The number of thiophene rings is 1. The van der Waals surface area contributed by atoms with Crippen molar-refractivity contribution in [1.29, 1.82) is 0 Å². The first-order chi connectivity index (χ1) is 13.7. The SMILES string of the molecule is C[C](CCC(=O)O)[C@@H](NS(=O)(=O)Cc1ccc2sccc2c1)c1ccc(O)cc1. The Bertz CT molecular complexity index is 1090. The number of benzene rings is 2. The molecule has 1 radical (unpaired) electrons. The van der Waals surface area contributed by atoms with Gasteiger partial charge >= 0.3 is 5.97 Å². The van der Waals surface area contributed by atoms with Crippen molar-refractivity contribution in [3.8, 4) is 5.75 Å². The van der Waals surface area contributed by atoms with Gasteiger partial charge in [-0.05, 0) is 64.6 Å². The van der Waals surface area contributed by atoms with E-state index in [9.17, 15) is 18.3 Å². The van der Waals surface area contributed by atoms with E-state index in [1.54, 1.807) is 36.5 Å². The van der Waals surface area contributed by atoms with Gasteiger partial charge in [0.1, 0.15) is 5.75 Å². The van der Waals surface area contributed by atoms with Crippen molar-refractivity contribution in [2.75, 3.05) is 0 Å². The highest BCUT2D eigenvalue weighted by Crippen LogP contribution is 2.30. The number of phenols is 1. The number of carboxylic acid groups (broad SMARTS) is 1. The summed E-state index contributed by atoms with van der Waals surface area (Å²) < 4.78 is 29.6. The molecule has 1 atom stereocenters. The quantitative estimate of drug-likeness (QED) is 0.469. The van der Waals surface area contributed by atoms with Gasteiger partial charge in [-0.2, -0.15) is 0 Å². The highest BCUT2D eigenvalue weighted by Gasteiger charge is 2.26. The smallest absolute Gasteiger partial charge is 0.303 e. The van der Waals surface area contributed by atoms with Gasteiger partial charge < -0.3 is 10.2 Å². The topological polar surface area (TPSA) is 104 Å². The maximum atomic E-state index is 12.9. The Hall–Kier alpha value is -2.42. The minimum absolute atomic E-state index is 0.0719. The third kappa shape index (κ3) is 5.79. The number of nitrogens with one attached hydrogen (secondary N) is 1. The number of hydrogen-bond acceptors (Lipinski definition) is 5. The predicted octanol–water partition coefficient (Wildman–Crippen LogP) is 4.23. The van der Waals surface area contributed by atoms with Crippen LogP contribution in [0.25, 0.3) is 10.1 Å². The highest BCUT2D eigenvalue weighted by atomic mass is 32.2. The Labute approximate surface area is 173 Å². The van der Waals surface area contributed by atoms with Crippen LogP contribution < -0.4 is 4.72 Å². The van der Waals surface area contributed by atoms with Gasteiger partial charge in [-0.3, -0.25) is 4.79 Å². The average Bonchev–Trinajstić information content (AvgIpc) is 3.12. The van der Waals surface area contributed by atoms with Crippen molar-refractivity contribution in [1.82, 2.24) is 4.72 Å². The molecule has 0 unspecified atom stereocenters. The second-order valence-electron chi connectivity index (χ2n) is 6.93. The molecular weight excluding hydrogens is 410 g/mol. The van der Waals surface area contributed by atoms with E-state index in [1.807, 2.05) is 23.6 Å². The Kier molecular flexibility index (Phi) is 6.56. The van der Waals surface area contributed by atoms with Crippen LogP contribution in [-0.2, 0) is 20.6 Å². The number of rotatable bonds is 9. The van der Waals surface area contributed by atoms with E-state index in [2.05, 4.69) is 4.72 Å². The highest BCUT2D eigenvalue weighted by molar-refractivity contribution is 7.88. The fourth-order valence-corrected chi connectivity index (χ4v) is 5.28. The van der Waals surface area contributed by atoms with Crippen molar-refractivity contribution in [2.45, 2.75) is 31.6 Å². The number of carbonyl (C=O) groups is 1. The summed E-state index contributed by atoms with van der Waals surface area (Å²) in [5, 5.41) is 21.5. The molecule has 0 saturated heterocycles. The summed E-state index contributed by atoms with van der Waals surface area (Å²) in [5.74, 6) is -0.363. The van der Waals surface area contributed by atoms with Gasteiger partial charge in [-0.15, -0.1) is 11.3 Å². The standard InChI is InChI=1S/C21H22NO5S2/c1-14(2-9-20(24)25)21(16-4-6-18(23)7-5-16)22-29(26,27)13-15-3-8-19-17(12-15)10-11-28-19/h3-8,10-12,21-23H,2,9,13H2,1H3,(H,24,25)/t21-/m1/s1. The molecule has 0 aliphatic carbocycles. The zero-order chi connectivity index (χ0) is 21.0. The molecule has 0 aliphatic rings. The maximum Gasteiger partial charge on any atom is 0.303 e. The summed E-state index contributed by atoms with van der Waals surface area (Å²) >= 11 is 1.60. The first-order valence-corrected chi connectivity index (χ1v) is 11.6. The van der Waals surface area contributed by atoms with Crippen LogP contribution in [0.15, 0.2) is 53.9 Å². The first kappa shape index (κ1) is 21.3. The number of sulfonamides is 1. The molecule has 29 heavy (non-hydrogen) atoms. The predicted molar refractivity (Wildman–Crippen MR) is 114 cm³/mol. The number of aliphatic carboxylic acids is 1. The number of fused-ring (bicyclic) bond motifs is 1. The van der Waals surface area contributed by atoms with Crippen LogP contribution in [0.4, 0.5) is 0 Å². The molecule has 0 fully saturated rings. The lowest BCUT2D eigenvalue weighted by atomic mass is 9.91. The van der Waals surface area contributed by atoms with E-state index in [0.717, 1.165) is 10.1 Å². The molecule has 3 rings (SSSR count). The molecule has 0 bridgehead atoms. The number of aromatic hydroxyl groups is 1. The number of carboxylic acids is 1. The molecule has 0 amide bonds. The van der Waals surface area contributed by atoms with Crippen molar-refractivity contribution in [3.05, 3.63) is 71.0 Å². The minimum atomic E-state index is -3.70. The molecule has 8 heteroatoms. The molecule has 1 aromatic heterocycles. The normalized spacial score (nSPS) is 13.0. The van der Waals surface area contributed by atoms with Gasteiger partial charge in [0, 0.05) is 11.1 Å². The van der Waals surface area contributed by atoms with Gasteiger partial charge in [0.25, 0.3) is 0 Å². The minimum Gasteiger partial charge on any atom is -0.508 e. The molecule has 3 aromatic rings. The van der Waals surface area contributed by atoms with Gasteiger partial charge in [0.15, 0.2) is 0 Å². The summed E-state index contributed by atoms with van der Waals surface area (Å²) in [6.07, 6.45) is 0.154. The van der Waals surface area contributed by atoms with Crippen molar-refractivity contribution < 1.29 is 23.4 Å². The first-order valence-electron chi connectivity index (χ1n) is 9.03. The van der Waals surface area contributed by atoms with E-state index in [4.69, 9.17) is 5.11 Å². The zero-order valence-electron chi connectivity index (χ0n) is 15.8. The fraction of sp³-hybridized carbons (Fsp3) is 0.238. The summed E-state index contributed by atoms with van der Waals surface area (Å²) in [6.45, 7) is 1.74. The van der Waals surface area contributed by atoms with Crippen LogP contribution >= 0.6 is 11.3 Å². The monoisotopic (exact) mass is 432 g/mol. The zero-order valence-corrected chi connectivity index (χ0v) is 17.5. The molecule has 0 spiro atoms. The second-order valence-corrected chi connectivity index (χ2v) is 9.64. The lowest BCUT2D eigenvalue weighted by molar-refractivity contribution is -0.137. The largest absolute Gasteiger partial charge is 0.508 e. The molecule has 3 N–H and O–H groups in total. The summed E-state index contributed by atoms with van der Waals surface area (Å²) in [7, 11) is -3.70. The molecule has 6 nitrogen and oxygen atoms in total. The molecule has 2 aromatic carbocycles. The van der Waals surface area contributed by atoms with Gasteiger partial charge in [0.2, 0.25) is 10.0 Å². The lowest BCUT2D eigenvalue weighted by Crippen LogP contribution is -2.33. The van der Waals surface area contributed by atoms with Crippen LogP contribution in [0.5, 0.6) is 5.75 Å². The molecular formula is C21H22NO5S2. The lowest BCUT2D eigenvalue weighted by Gasteiger charge is -2.25. The maximum absolute atomic E-state index is 12.9. The molecule has 0 aliphatic heterocycles. The Morgan fingerprint density at radius 2 is 1.83 bits per heavy atom. The molecule has 1 heterocycles. The van der Waals surface area contributed by atoms with E-state index in [-0.39, 0.29) is 24.3 Å². The van der Waals surface area contributed by atoms with Gasteiger partial charge in [-0.25, -0.2) is 13.1 Å². The average molecular weight is 433 g/mol. The van der Waals surface area contributed by atoms with Crippen molar-refractivity contribution in [2.24, 2.45) is 0 Å². The van der Waals surface area contributed by atoms with Crippen molar-refractivity contribution >= 4 is 37.4 Å². The summed E-state index contributed by atoms with van der Waals surface area (Å²) in [6, 6.07) is 13.1. The third-order valence-corrected chi connectivity index (χ3v) is 6.83. The van der Waals surface area contributed by atoms with Crippen LogP contribution in [0.3, 0.4) is 0 Å². The van der Waals surface area contributed by atoms with E-state index >= 15 is 0 Å². The summed E-state index contributed by atoms with van der Waals surface area (Å²) in [4.78, 5) is 10.9. The van der Waals surface area contributed by atoms with Gasteiger partial charge in [-0.1, -0.05) is 25.1 Å². The number of phenolic OH excluding ortho intramolecular Hbond substituents is 1.